The number of benzene rings is 2. The average molecular weight is 441 g/mol. The van der Waals surface area contributed by atoms with E-state index in [1.807, 2.05) is 30.5 Å². The monoisotopic (exact) mass is 441 g/mol. The van der Waals surface area contributed by atoms with E-state index in [4.69, 9.17) is 10.5 Å². The topological polar surface area (TPSA) is 128 Å². The number of nitrogens with one attached hydrogen (secondary N) is 2. The van der Waals surface area contributed by atoms with Gasteiger partial charge in [-0.25, -0.2) is 24.7 Å². The SMILES string of the molecule is COC(=O)c1ccc(-c2ncnc(NC3CC(Nc4ncc5ccccc5n4)C3)c2N)cc1. The van der Waals surface area contributed by atoms with Gasteiger partial charge in [0.2, 0.25) is 5.95 Å². The molecule has 0 aliphatic heterocycles. The maximum Gasteiger partial charge on any atom is 0.337 e. The minimum Gasteiger partial charge on any atom is -0.465 e. The Bertz CT molecular complexity index is 1300. The molecule has 1 aliphatic rings. The van der Waals surface area contributed by atoms with Crippen molar-refractivity contribution in [1.82, 2.24) is 19.9 Å². The average Bonchev–Trinajstić information content (AvgIpc) is 2.83. The van der Waals surface area contributed by atoms with Gasteiger partial charge in [0.15, 0.2) is 5.82 Å². The Morgan fingerprint density at radius 1 is 1.00 bits per heavy atom. The van der Waals surface area contributed by atoms with Gasteiger partial charge in [0, 0.05) is 29.2 Å². The summed E-state index contributed by atoms with van der Waals surface area (Å²) in [5, 5.41) is 7.82. The standard InChI is InChI=1S/C24H23N7O2/c1-33-23(32)15-8-6-14(7-9-15)21-20(25)22(28-13-27-21)29-17-10-18(11-17)30-24-26-12-16-4-2-3-5-19(16)31-24/h2-9,12-13,17-18H,10-11,25H2,1H3,(H,26,30,31)(H,27,28,29). The van der Waals surface area contributed by atoms with Crippen LogP contribution in [0.5, 0.6) is 0 Å². The van der Waals surface area contributed by atoms with Gasteiger partial charge in [-0.3, -0.25) is 0 Å². The van der Waals surface area contributed by atoms with Crippen LogP contribution in [0.2, 0.25) is 0 Å². The third-order valence-electron chi connectivity index (χ3n) is 5.76. The Kier molecular flexibility index (Phi) is 5.43. The number of esters is 1. The van der Waals surface area contributed by atoms with E-state index < -0.39 is 0 Å². The van der Waals surface area contributed by atoms with Gasteiger partial charge in [-0.05, 0) is 31.0 Å². The lowest BCUT2D eigenvalue weighted by atomic mass is 9.87. The summed E-state index contributed by atoms with van der Waals surface area (Å²) in [4.78, 5) is 29.3. The van der Waals surface area contributed by atoms with Gasteiger partial charge < -0.3 is 21.1 Å². The molecule has 2 aromatic heterocycles. The lowest BCUT2D eigenvalue weighted by Gasteiger charge is -2.36. The number of fused-ring (bicyclic) bond motifs is 1. The summed E-state index contributed by atoms with van der Waals surface area (Å²) < 4.78 is 4.74. The Morgan fingerprint density at radius 3 is 2.55 bits per heavy atom. The number of hydrogen-bond acceptors (Lipinski definition) is 9. The van der Waals surface area contributed by atoms with Crippen molar-refractivity contribution in [2.75, 3.05) is 23.5 Å². The van der Waals surface area contributed by atoms with Crippen LogP contribution in [0.3, 0.4) is 0 Å². The molecule has 0 atom stereocenters. The number of carbonyl (C=O) groups is 1. The summed E-state index contributed by atoms with van der Waals surface area (Å²) in [6.45, 7) is 0. The molecule has 0 unspecified atom stereocenters. The number of nitrogens with zero attached hydrogens (tertiary/aromatic N) is 4. The maximum absolute atomic E-state index is 11.6. The van der Waals surface area contributed by atoms with Gasteiger partial charge in [0.1, 0.15) is 12.0 Å². The zero-order chi connectivity index (χ0) is 22.8. The number of rotatable bonds is 6. The normalized spacial score (nSPS) is 17.2. The summed E-state index contributed by atoms with van der Waals surface area (Å²) >= 11 is 0. The second-order valence-electron chi connectivity index (χ2n) is 7.96. The summed E-state index contributed by atoms with van der Waals surface area (Å²) in [5.41, 5.74) is 9.63. The van der Waals surface area contributed by atoms with Gasteiger partial charge in [-0.1, -0.05) is 30.3 Å². The highest BCUT2D eigenvalue weighted by atomic mass is 16.5. The molecule has 9 heteroatoms. The van der Waals surface area contributed by atoms with Gasteiger partial charge in [-0.2, -0.15) is 0 Å². The molecule has 2 heterocycles. The summed E-state index contributed by atoms with van der Waals surface area (Å²) in [7, 11) is 1.35. The van der Waals surface area contributed by atoms with Crippen LogP contribution in [-0.2, 0) is 4.74 Å². The number of carbonyl (C=O) groups excluding carboxylic acids is 1. The molecule has 1 aliphatic carbocycles. The molecule has 166 valence electrons. The molecule has 0 spiro atoms. The minimum atomic E-state index is -0.387. The summed E-state index contributed by atoms with van der Waals surface area (Å²) in [6, 6.07) is 15.4. The van der Waals surface area contributed by atoms with Gasteiger partial charge in [0.25, 0.3) is 0 Å². The molecule has 9 nitrogen and oxygen atoms in total. The molecule has 4 aromatic rings. The molecular formula is C24H23N7O2. The summed E-state index contributed by atoms with van der Waals surface area (Å²) in [5.74, 6) is 0.848. The summed E-state index contributed by atoms with van der Waals surface area (Å²) in [6.07, 6.45) is 5.10. The van der Waals surface area contributed by atoms with Crippen LogP contribution in [0.4, 0.5) is 17.5 Å². The van der Waals surface area contributed by atoms with Crippen LogP contribution in [0.15, 0.2) is 61.1 Å². The van der Waals surface area contributed by atoms with Crippen LogP contribution in [0, 0.1) is 0 Å². The second-order valence-corrected chi connectivity index (χ2v) is 7.96. The predicted molar refractivity (Wildman–Crippen MR) is 127 cm³/mol. The van der Waals surface area contributed by atoms with Crippen molar-refractivity contribution in [3.05, 3.63) is 66.6 Å². The smallest absolute Gasteiger partial charge is 0.337 e. The first-order valence-electron chi connectivity index (χ1n) is 10.6. The highest BCUT2D eigenvalue weighted by Gasteiger charge is 2.30. The van der Waals surface area contributed by atoms with Gasteiger partial charge >= 0.3 is 5.97 Å². The van der Waals surface area contributed by atoms with Crippen LogP contribution in [0.25, 0.3) is 22.2 Å². The minimum absolute atomic E-state index is 0.231. The third kappa shape index (κ3) is 4.25. The zero-order valence-corrected chi connectivity index (χ0v) is 18.0. The fourth-order valence-electron chi connectivity index (χ4n) is 3.89. The molecule has 0 saturated heterocycles. The first kappa shape index (κ1) is 20.6. The number of para-hydroxylation sites is 1. The van der Waals surface area contributed by atoms with Crippen molar-refractivity contribution >= 4 is 34.3 Å². The van der Waals surface area contributed by atoms with Crippen molar-refractivity contribution in [3.63, 3.8) is 0 Å². The molecule has 4 N–H and O–H groups in total. The number of anilines is 3. The molecule has 0 radical (unpaired) electrons. The number of aromatic nitrogens is 4. The van der Waals surface area contributed by atoms with E-state index in [0.717, 1.165) is 29.3 Å². The van der Waals surface area contributed by atoms with Crippen LogP contribution < -0.4 is 16.4 Å². The van der Waals surface area contributed by atoms with Crippen molar-refractivity contribution in [3.8, 4) is 11.3 Å². The quantitative estimate of drug-likeness (QED) is 0.385. The Hall–Kier alpha value is -4.27. The molecule has 0 amide bonds. The second kappa shape index (κ2) is 8.70. The highest BCUT2D eigenvalue weighted by molar-refractivity contribution is 5.90. The third-order valence-corrected chi connectivity index (χ3v) is 5.76. The van der Waals surface area contributed by atoms with E-state index in [-0.39, 0.29) is 18.1 Å². The predicted octanol–water partition coefficient (Wildman–Crippen LogP) is 3.51. The van der Waals surface area contributed by atoms with E-state index >= 15 is 0 Å². The number of nitrogens with two attached hydrogens (primary N) is 1. The highest BCUT2D eigenvalue weighted by Crippen LogP contribution is 2.32. The van der Waals surface area contributed by atoms with Crippen molar-refractivity contribution in [2.45, 2.75) is 24.9 Å². The molecule has 2 aromatic carbocycles. The number of ether oxygens (including phenoxy) is 1. The van der Waals surface area contributed by atoms with Crippen molar-refractivity contribution in [2.24, 2.45) is 0 Å². The van der Waals surface area contributed by atoms with E-state index in [0.29, 0.717) is 28.7 Å². The van der Waals surface area contributed by atoms with Gasteiger partial charge in [0.05, 0.1) is 23.9 Å². The molecular weight excluding hydrogens is 418 g/mol. The van der Waals surface area contributed by atoms with Crippen LogP contribution in [-0.4, -0.2) is 45.1 Å². The fraction of sp³-hybridized carbons (Fsp3) is 0.208. The lowest BCUT2D eigenvalue weighted by molar-refractivity contribution is 0.0600. The van der Waals surface area contributed by atoms with Crippen molar-refractivity contribution in [1.29, 1.82) is 0 Å². The number of hydrogen-bond donors (Lipinski definition) is 3. The zero-order valence-electron chi connectivity index (χ0n) is 18.0. The maximum atomic E-state index is 11.6. The van der Waals surface area contributed by atoms with Crippen LogP contribution >= 0.6 is 0 Å². The van der Waals surface area contributed by atoms with Crippen molar-refractivity contribution < 1.29 is 9.53 Å². The first-order valence-corrected chi connectivity index (χ1v) is 10.6. The van der Waals surface area contributed by atoms with E-state index in [1.54, 1.807) is 24.3 Å². The fourth-order valence-corrected chi connectivity index (χ4v) is 3.89. The molecule has 1 fully saturated rings. The molecule has 33 heavy (non-hydrogen) atoms. The van der Waals surface area contributed by atoms with E-state index in [1.165, 1.54) is 13.4 Å². The molecule has 5 rings (SSSR count). The Morgan fingerprint density at radius 2 is 1.76 bits per heavy atom. The number of nitrogen functional groups attached to an aromatic ring is 1. The van der Waals surface area contributed by atoms with E-state index in [9.17, 15) is 4.79 Å². The molecule has 1 saturated carbocycles. The molecule has 0 bridgehead atoms. The van der Waals surface area contributed by atoms with E-state index in [2.05, 4.69) is 30.6 Å². The van der Waals surface area contributed by atoms with Gasteiger partial charge in [-0.15, -0.1) is 0 Å². The Balaban J connectivity index is 1.22. The number of methoxy groups -OCH3 is 1. The lowest BCUT2D eigenvalue weighted by Crippen LogP contribution is -2.44. The first-order chi connectivity index (χ1) is 16.1. The Labute approximate surface area is 190 Å². The van der Waals surface area contributed by atoms with Crippen LogP contribution in [0.1, 0.15) is 23.2 Å². The largest absolute Gasteiger partial charge is 0.465 e.